The quantitative estimate of drug-likeness (QED) is 0.756. The molecule has 1 aliphatic rings. The molecule has 3 atom stereocenters. The van der Waals surface area contributed by atoms with Gasteiger partial charge in [0.05, 0.1) is 11.2 Å². The number of rotatable bonds is 1. The van der Waals surface area contributed by atoms with Crippen LogP contribution in [-0.2, 0) is 11.8 Å². The number of hydrogen-bond acceptors (Lipinski definition) is 1. The zero-order chi connectivity index (χ0) is 15.1. The lowest BCUT2D eigenvalue weighted by molar-refractivity contribution is -0.140. The van der Waals surface area contributed by atoms with E-state index in [4.69, 9.17) is 0 Å². The average molecular weight is 290 g/mol. The van der Waals surface area contributed by atoms with Gasteiger partial charge in [0, 0.05) is 0 Å². The average Bonchev–Trinajstić information content (AvgIpc) is 2.32. The van der Waals surface area contributed by atoms with Crippen molar-refractivity contribution >= 4 is 0 Å². The molecule has 0 aromatic heterocycles. The molecule has 2 rings (SSSR count). The van der Waals surface area contributed by atoms with Crippen molar-refractivity contribution in [1.82, 2.24) is 0 Å². The predicted molar refractivity (Wildman–Crippen MR) is 67.5 cm³/mol. The highest BCUT2D eigenvalue weighted by Crippen LogP contribution is 2.44. The second-order valence-corrected chi connectivity index (χ2v) is 5.90. The normalized spacial score (nSPS) is 31.4. The van der Waals surface area contributed by atoms with Crippen molar-refractivity contribution in [2.75, 3.05) is 0 Å². The van der Waals surface area contributed by atoms with Crippen molar-refractivity contribution in [2.24, 2.45) is 11.8 Å². The van der Waals surface area contributed by atoms with Crippen LogP contribution in [0.5, 0.6) is 0 Å². The van der Waals surface area contributed by atoms with Gasteiger partial charge in [-0.2, -0.15) is 13.2 Å². The lowest BCUT2D eigenvalue weighted by Gasteiger charge is -2.41. The SMILES string of the molecule is CC1CCC(C)C(O)(c2ccc(C(F)(F)F)c(F)c2)C1. The van der Waals surface area contributed by atoms with Gasteiger partial charge in [0.25, 0.3) is 0 Å². The molecule has 0 heterocycles. The van der Waals surface area contributed by atoms with E-state index in [1.165, 1.54) is 6.07 Å². The molecule has 0 aliphatic heterocycles. The van der Waals surface area contributed by atoms with Gasteiger partial charge in [0.2, 0.25) is 0 Å². The first kappa shape index (κ1) is 15.3. The van der Waals surface area contributed by atoms with E-state index >= 15 is 0 Å². The van der Waals surface area contributed by atoms with Crippen LogP contribution in [0.1, 0.15) is 44.2 Å². The highest BCUT2D eigenvalue weighted by molar-refractivity contribution is 5.31. The summed E-state index contributed by atoms with van der Waals surface area (Å²) in [4.78, 5) is 0. The number of benzene rings is 1. The molecule has 0 saturated heterocycles. The van der Waals surface area contributed by atoms with E-state index in [2.05, 4.69) is 0 Å². The Morgan fingerprint density at radius 3 is 2.40 bits per heavy atom. The monoisotopic (exact) mass is 290 g/mol. The summed E-state index contributed by atoms with van der Waals surface area (Å²) in [5.74, 6) is -1.16. The molecular formula is C15H18F4O. The van der Waals surface area contributed by atoms with Gasteiger partial charge < -0.3 is 5.11 Å². The zero-order valence-electron chi connectivity index (χ0n) is 11.5. The minimum atomic E-state index is -4.71. The van der Waals surface area contributed by atoms with Crippen molar-refractivity contribution in [3.8, 4) is 0 Å². The third kappa shape index (κ3) is 2.68. The van der Waals surface area contributed by atoms with Crippen LogP contribution in [0.4, 0.5) is 17.6 Å². The fraction of sp³-hybridized carbons (Fsp3) is 0.600. The third-order valence-corrected chi connectivity index (χ3v) is 4.34. The van der Waals surface area contributed by atoms with E-state index in [1.807, 2.05) is 13.8 Å². The molecule has 112 valence electrons. The molecule has 5 heteroatoms. The number of aliphatic hydroxyl groups is 1. The van der Waals surface area contributed by atoms with Gasteiger partial charge in [-0.15, -0.1) is 0 Å². The third-order valence-electron chi connectivity index (χ3n) is 4.34. The number of alkyl halides is 3. The number of hydrogen-bond donors (Lipinski definition) is 1. The summed E-state index contributed by atoms with van der Waals surface area (Å²) >= 11 is 0. The standard InChI is InChI=1S/C15H18F4O/c1-9-3-4-10(2)14(20,8-9)11-5-6-12(13(16)7-11)15(17,18)19/h5-7,9-10,20H,3-4,8H2,1-2H3. The molecule has 3 unspecified atom stereocenters. The lowest BCUT2D eigenvalue weighted by Crippen LogP contribution is -2.39. The van der Waals surface area contributed by atoms with Gasteiger partial charge in [-0.25, -0.2) is 4.39 Å². The minimum Gasteiger partial charge on any atom is -0.385 e. The van der Waals surface area contributed by atoms with Gasteiger partial charge in [-0.1, -0.05) is 26.3 Å². The van der Waals surface area contributed by atoms with Crippen LogP contribution in [0.25, 0.3) is 0 Å². The first-order valence-electron chi connectivity index (χ1n) is 6.74. The molecule has 1 aromatic rings. The topological polar surface area (TPSA) is 20.2 Å². The van der Waals surface area contributed by atoms with Crippen molar-refractivity contribution in [3.05, 3.63) is 35.1 Å². The zero-order valence-corrected chi connectivity index (χ0v) is 11.5. The molecule has 1 aliphatic carbocycles. The Bertz CT molecular complexity index is 497. The van der Waals surface area contributed by atoms with Crippen LogP contribution in [0, 0.1) is 17.7 Å². The van der Waals surface area contributed by atoms with E-state index in [0.717, 1.165) is 18.9 Å². The molecule has 1 nitrogen and oxygen atoms in total. The summed E-state index contributed by atoms with van der Waals surface area (Å²) in [5, 5.41) is 10.8. The van der Waals surface area contributed by atoms with Crippen molar-refractivity contribution in [3.63, 3.8) is 0 Å². The Labute approximate surface area is 115 Å². The molecule has 20 heavy (non-hydrogen) atoms. The van der Waals surface area contributed by atoms with Crippen LogP contribution in [-0.4, -0.2) is 5.11 Å². The van der Waals surface area contributed by atoms with E-state index in [-0.39, 0.29) is 17.4 Å². The molecule has 1 fully saturated rings. The van der Waals surface area contributed by atoms with E-state index in [0.29, 0.717) is 12.5 Å². The second kappa shape index (κ2) is 5.02. The molecule has 0 radical (unpaired) electrons. The summed E-state index contributed by atoms with van der Waals surface area (Å²) in [6.45, 7) is 3.83. The molecule has 1 saturated carbocycles. The fourth-order valence-electron chi connectivity index (χ4n) is 3.02. The highest BCUT2D eigenvalue weighted by Gasteiger charge is 2.42. The molecule has 0 amide bonds. The summed E-state index contributed by atoms with van der Waals surface area (Å²) in [6.07, 6.45) is -2.53. The van der Waals surface area contributed by atoms with Gasteiger partial charge in [0.1, 0.15) is 5.82 Å². The Balaban J connectivity index is 2.40. The maximum atomic E-state index is 13.7. The van der Waals surface area contributed by atoms with Crippen molar-refractivity contribution in [1.29, 1.82) is 0 Å². The smallest absolute Gasteiger partial charge is 0.385 e. The molecule has 1 aromatic carbocycles. The Morgan fingerprint density at radius 2 is 1.85 bits per heavy atom. The minimum absolute atomic E-state index is 0.102. The van der Waals surface area contributed by atoms with Crippen LogP contribution in [0.3, 0.4) is 0 Å². The summed E-state index contributed by atoms with van der Waals surface area (Å²) < 4.78 is 51.3. The van der Waals surface area contributed by atoms with E-state index < -0.39 is 23.2 Å². The highest BCUT2D eigenvalue weighted by atomic mass is 19.4. The lowest BCUT2D eigenvalue weighted by atomic mass is 9.69. The number of halogens is 4. The maximum absolute atomic E-state index is 13.7. The summed E-state index contributed by atoms with van der Waals surface area (Å²) in [5.41, 5.74) is -2.30. The fourth-order valence-corrected chi connectivity index (χ4v) is 3.02. The summed E-state index contributed by atoms with van der Waals surface area (Å²) in [6, 6.07) is 2.74. The van der Waals surface area contributed by atoms with E-state index in [9.17, 15) is 22.7 Å². The molecule has 0 spiro atoms. The van der Waals surface area contributed by atoms with Crippen molar-refractivity contribution in [2.45, 2.75) is 44.9 Å². The van der Waals surface area contributed by atoms with Gasteiger partial charge in [-0.3, -0.25) is 0 Å². The van der Waals surface area contributed by atoms with Crippen molar-refractivity contribution < 1.29 is 22.7 Å². The Hall–Kier alpha value is -1.10. The molecule has 1 N–H and O–H groups in total. The van der Waals surface area contributed by atoms with Crippen LogP contribution >= 0.6 is 0 Å². The molecule has 0 bridgehead atoms. The summed E-state index contributed by atoms with van der Waals surface area (Å²) in [7, 11) is 0. The van der Waals surface area contributed by atoms with Crippen LogP contribution in [0.15, 0.2) is 18.2 Å². The van der Waals surface area contributed by atoms with Gasteiger partial charge in [-0.05, 0) is 42.4 Å². The Kier molecular flexibility index (Phi) is 3.84. The largest absolute Gasteiger partial charge is 0.419 e. The predicted octanol–water partition coefficient (Wildman–Crippen LogP) is 4.49. The van der Waals surface area contributed by atoms with Crippen LogP contribution < -0.4 is 0 Å². The Morgan fingerprint density at radius 1 is 1.20 bits per heavy atom. The maximum Gasteiger partial charge on any atom is 0.419 e. The molecular weight excluding hydrogens is 272 g/mol. The second-order valence-electron chi connectivity index (χ2n) is 5.90. The van der Waals surface area contributed by atoms with Gasteiger partial charge >= 0.3 is 6.18 Å². The first-order chi connectivity index (χ1) is 9.14. The first-order valence-corrected chi connectivity index (χ1v) is 6.74. The van der Waals surface area contributed by atoms with E-state index in [1.54, 1.807) is 0 Å². The van der Waals surface area contributed by atoms with Crippen LogP contribution in [0.2, 0.25) is 0 Å². The van der Waals surface area contributed by atoms with Gasteiger partial charge in [0.15, 0.2) is 0 Å².